The molecule has 2 N–H and O–H groups in total. The molecule has 160 valence electrons. The number of pyridine rings is 1. The first-order valence-corrected chi connectivity index (χ1v) is 10.5. The van der Waals surface area contributed by atoms with Gasteiger partial charge >= 0.3 is 0 Å². The van der Waals surface area contributed by atoms with E-state index in [0.29, 0.717) is 24.1 Å². The highest BCUT2D eigenvalue weighted by molar-refractivity contribution is 6.07. The Morgan fingerprint density at radius 2 is 2.13 bits per heavy atom. The van der Waals surface area contributed by atoms with Gasteiger partial charge in [-0.1, -0.05) is 0 Å². The molecule has 30 heavy (non-hydrogen) atoms. The van der Waals surface area contributed by atoms with E-state index < -0.39 is 0 Å². The number of H-pyrrole nitrogens is 1. The van der Waals surface area contributed by atoms with Gasteiger partial charge in [0, 0.05) is 37.3 Å². The van der Waals surface area contributed by atoms with Gasteiger partial charge in [0.05, 0.1) is 28.7 Å². The van der Waals surface area contributed by atoms with E-state index in [2.05, 4.69) is 15.4 Å². The third-order valence-corrected chi connectivity index (χ3v) is 5.76. The zero-order valence-electron chi connectivity index (χ0n) is 17.8. The van der Waals surface area contributed by atoms with Gasteiger partial charge in [0.15, 0.2) is 0 Å². The molecule has 0 saturated carbocycles. The number of nitrogens with zero attached hydrogens (tertiary/aromatic N) is 3. The van der Waals surface area contributed by atoms with Gasteiger partial charge in [0.25, 0.3) is 11.5 Å². The normalized spacial score (nSPS) is 17.5. The number of likely N-dealkylation sites (N-methyl/N-ethyl adjacent to an activating group) is 1. The molecule has 8 heteroatoms. The number of aromatic amines is 1. The number of nitrogens with one attached hydrogen (secondary N) is 2. The first-order chi connectivity index (χ1) is 14.5. The fraction of sp³-hybridized carbons (Fsp3) is 0.500. The molecule has 1 amide bonds. The van der Waals surface area contributed by atoms with Crippen molar-refractivity contribution in [3.8, 4) is 0 Å². The monoisotopic (exact) mass is 411 g/mol. The Hall–Kier alpha value is -2.71. The maximum atomic E-state index is 12.8. The Morgan fingerprint density at radius 1 is 1.30 bits per heavy atom. The number of ether oxygens (including phenoxy) is 1. The lowest BCUT2D eigenvalue weighted by Gasteiger charge is -2.17. The van der Waals surface area contributed by atoms with E-state index in [1.807, 2.05) is 42.7 Å². The summed E-state index contributed by atoms with van der Waals surface area (Å²) in [6.07, 6.45) is 4.41. The van der Waals surface area contributed by atoms with E-state index in [1.54, 1.807) is 6.20 Å². The molecule has 1 aliphatic heterocycles. The van der Waals surface area contributed by atoms with Crippen molar-refractivity contribution in [2.24, 2.45) is 0 Å². The summed E-state index contributed by atoms with van der Waals surface area (Å²) < 4.78 is 7.56. The zero-order chi connectivity index (χ0) is 21.3. The number of carbonyl (C=O) groups is 1. The molecule has 0 spiro atoms. The van der Waals surface area contributed by atoms with E-state index in [-0.39, 0.29) is 17.5 Å². The molecule has 1 aromatic carbocycles. The summed E-state index contributed by atoms with van der Waals surface area (Å²) in [7, 11) is 3.94. The van der Waals surface area contributed by atoms with Gasteiger partial charge in [-0.3, -0.25) is 14.3 Å². The Balaban J connectivity index is 1.81. The predicted octanol–water partition coefficient (Wildman–Crippen LogP) is 2.22. The smallest absolute Gasteiger partial charge is 0.259 e. The fourth-order valence-corrected chi connectivity index (χ4v) is 4.13. The third kappa shape index (κ3) is 3.97. The van der Waals surface area contributed by atoms with Crippen molar-refractivity contribution in [3.63, 3.8) is 0 Å². The second-order valence-electron chi connectivity index (χ2n) is 8.27. The molecule has 1 aliphatic rings. The van der Waals surface area contributed by atoms with Crippen molar-refractivity contribution < 1.29 is 9.53 Å². The Morgan fingerprint density at radius 3 is 2.93 bits per heavy atom. The van der Waals surface area contributed by atoms with E-state index in [9.17, 15) is 9.59 Å². The van der Waals surface area contributed by atoms with Crippen LogP contribution in [0.2, 0.25) is 0 Å². The topological polar surface area (TPSA) is 92.2 Å². The molecule has 0 aliphatic carbocycles. The van der Waals surface area contributed by atoms with E-state index >= 15 is 0 Å². The lowest BCUT2D eigenvalue weighted by molar-refractivity contribution is 0.0950. The zero-order valence-corrected chi connectivity index (χ0v) is 17.8. The molecule has 0 radical (unpaired) electrons. The van der Waals surface area contributed by atoms with E-state index in [1.165, 1.54) is 0 Å². The molecular formula is C22H29N5O3. The second kappa shape index (κ2) is 8.57. The SMILES string of the molecule is Cc1cc2[nH]c(=O)c3cnn(C4CCCOCC4)c3c2cc1C(=O)NCCN(C)C. The highest BCUT2D eigenvalue weighted by Gasteiger charge is 2.21. The summed E-state index contributed by atoms with van der Waals surface area (Å²) in [6.45, 7) is 4.68. The number of hydrogen-bond donors (Lipinski definition) is 2. The standard InChI is InChI=1S/C22H29N5O3/c1-14-11-19-17(12-16(14)21(28)23-7-8-26(2)3)20-18(22(29)25-19)13-24-27(20)15-5-4-9-30-10-6-15/h11-13,15H,4-10H2,1-3H3,(H,23,28)(H,25,29). The fourth-order valence-electron chi connectivity index (χ4n) is 4.13. The molecule has 1 fully saturated rings. The third-order valence-electron chi connectivity index (χ3n) is 5.76. The van der Waals surface area contributed by atoms with Gasteiger partial charge in [-0.25, -0.2) is 0 Å². The van der Waals surface area contributed by atoms with Crippen LogP contribution >= 0.6 is 0 Å². The molecule has 1 saturated heterocycles. The summed E-state index contributed by atoms with van der Waals surface area (Å²) in [6, 6.07) is 3.94. The minimum absolute atomic E-state index is 0.107. The average molecular weight is 412 g/mol. The highest BCUT2D eigenvalue weighted by atomic mass is 16.5. The number of aromatic nitrogens is 3. The molecule has 0 bridgehead atoms. The summed E-state index contributed by atoms with van der Waals surface area (Å²) in [5.74, 6) is -0.107. The number of amides is 1. The van der Waals surface area contributed by atoms with Crippen molar-refractivity contribution in [2.75, 3.05) is 40.4 Å². The van der Waals surface area contributed by atoms with Gasteiger partial charge < -0.3 is 19.9 Å². The number of carbonyl (C=O) groups excluding carboxylic acids is 1. The number of fused-ring (bicyclic) bond motifs is 3. The van der Waals surface area contributed by atoms with Crippen LogP contribution in [0.5, 0.6) is 0 Å². The second-order valence-corrected chi connectivity index (χ2v) is 8.27. The van der Waals surface area contributed by atoms with Crippen LogP contribution in [0.25, 0.3) is 21.8 Å². The van der Waals surface area contributed by atoms with Gasteiger partial charge in [0.1, 0.15) is 0 Å². The lowest BCUT2D eigenvalue weighted by Crippen LogP contribution is -2.31. The summed E-state index contributed by atoms with van der Waals surface area (Å²) in [4.78, 5) is 30.5. The van der Waals surface area contributed by atoms with Gasteiger partial charge in [-0.05, 0) is 58.0 Å². The van der Waals surface area contributed by atoms with E-state index in [4.69, 9.17) is 4.74 Å². The van der Waals surface area contributed by atoms with Crippen molar-refractivity contribution in [3.05, 3.63) is 39.8 Å². The van der Waals surface area contributed by atoms with Crippen molar-refractivity contribution in [1.29, 1.82) is 0 Å². The molecule has 2 aromatic heterocycles. The molecule has 3 heterocycles. The molecule has 8 nitrogen and oxygen atoms in total. The molecule has 1 unspecified atom stereocenters. The van der Waals surface area contributed by atoms with Crippen LogP contribution < -0.4 is 10.9 Å². The Kier molecular flexibility index (Phi) is 5.87. The number of rotatable bonds is 5. The summed E-state index contributed by atoms with van der Waals surface area (Å²) >= 11 is 0. The molecule has 4 rings (SSSR count). The van der Waals surface area contributed by atoms with Gasteiger partial charge in [-0.15, -0.1) is 0 Å². The first kappa shape index (κ1) is 20.6. The van der Waals surface area contributed by atoms with Crippen LogP contribution in [-0.2, 0) is 4.74 Å². The van der Waals surface area contributed by atoms with Crippen LogP contribution in [0, 0.1) is 6.92 Å². The molecular weight excluding hydrogens is 382 g/mol. The largest absolute Gasteiger partial charge is 0.381 e. The minimum Gasteiger partial charge on any atom is -0.381 e. The van der Waals surface area contributed by atoms with Crippen LogP contribution in [-0.4, -0.2) is 66.0 Å². The average Bonchev–Trinajstić information content (AvgIpc) is 2.96. The molecule has 1 atom stereocenters. The van der Waals surface area contributed by atoms with Crippen LogP contribution in [0.1, 0.15) is 41.2 Å². The van der Waals surface area contributed by atoms with Crippen LogP contribution in [0.15, 0.2) is 23.1 Å². The predicted molar refractivity (Wildman–Crippen MR) is 117 cm³/mol. The van der Waals surface area contributed by atoms with Crippen LogP contribution in [0.4, 0.5) is 0 Å². The number of benzene rings is 1. The Labute approximate surface area is 175 Å². The Bertz CT molecular complexity index is 1120. The summed E-state index contributed by atoms with van der Waals surface area (Å²) in [5, 5.41) is 8.95. The summed E-state index contributed by atoms with van der Waals surface area (Å²) in [5.41, 5.74) is 2.81. The first-order valence-electron chi connectivity index (χ1n) is 10.5. The van der Waals surface area contributed by atoms with Crippen molar-refractivity contribution in [1.82, 2.24) is 25.0 Å². The minimum atomic E-state index is -0.156. The van der Waals surface area contributed by atoms with Gasteiger partial charge in [0.2, 0.25) is 0 Å². The molecule has 3 aromatic rings. The quantitative estimate of drug-likeness (QED) is 0.672. The van der Waals surface area contributed by atoms with E-state index in [0.717, 1.165) is 54.4 Å². The highest BCUT2D eigenvalue weighted by Crippen LogP contribution is 2.30. The maximum absolute atomic E-state index is 12.8. The van der Waals surface area contributed by atoms with Crippen molar-refractivity contribution >= 4 is 27.7 Å². The van der Waals surface area contributed by atoms with Crippen LogP contribution in [0.3, 0.4) is 0 Å². The number of aryl methyl sites for hydroxylation is 1. The maximum Gasteiger partial charge on any atom is 0.259 e. The van der Waals surface area contributed by atoms with Crippen molar-refractivity contribution in [2.45, 2.75) is 32.2 Å². The number of hydrogen-bond acceptors (Lipinski definition) is 5. The van der Waals surface area contributed by atoms with Gasteiger partial charge in [-0.2, -0.15) is 5.10 Å². The lowest BCUT2D eigenvalue weighted by atomic mass is 10.0.